The third-order valence-corrected chi connectivity index (χ3v) is 3.94. The summed E-state index contributed by atoms with van der Waals surface area (Å²) in [5.41, 5.74) is 2.96. The molecule has 2 heteroatoms. The normalized spacial score (nSPS) is 15.6. The van der Waals surface area contributed by atoms with Gasteiger partial charge < -0.3 is 5.32 Å². The Morgan fingerprint density at radius 1 is 1.33 bits per heavy atom. The van der Waals surface area contributed by atoms with Crippen LogP contribution >= 0.6 is 0 Å². The molecule has 1 N–H and O–H groups in total. The minimum atomic E-state index is 0.770. The summed E-state index contributed by atoms with van der Waals surface area (Å²) in [6.45, 7) is 3.03. The van der Waals surface area contributed by atoms with Gasteiger partial charge in [0.2, 0.25) is 0 Å². The van der Waals surface area contributed by atoms with Crippen LogP contribution in [0, 0.1) is 24.2 Å². The van der Waals surface area contributed by atoms with Gasteiger partial charge in [-0.1, -0.05) is 25.7 Å². The molecule has 1 aromatic carbocycles. The Bertz CT molecular complexity index is 425. The molecule has 0 saturated heterocycles. The summed E-state index contributed by atoms with van der Waals surface area (Å²) in [6, 6.07) is 8.16. The lowest BCUT2D eigenvalue weighted by Crippen LogP contribution is -2.04. The summed E-state index contributed by atoms with van der Waals surface area (Å²) >= 11 is 0. The highest BCUT2D eigenvalue weighted by Crippen LogP contribution is 2.28. The molecule has 96 valence electrons. The molecule has 2 nitrogen and oxygen atoms in total. The summed E-state index contributed by atoms with van der Waals surface area (Å²) in [5, 5.41) is 12.3. The molecule has 0 amide bonds. The average Bonchev–Trinajstić information content (AvgIpc) is 2.88. The molecule has 0 radical (unpaired) electrons. The van der Waals surface area contributed by atoms with Crippen LogP contribution in [0.4, 0.5) is 5.69 Å². The van der Waals surface area contributed by atoms with Gasteiger partial charge in [-0.15, -0.1) is 0 Å². The first-order valence-electron chi connectivity index (χ1n) is 7.04. The van der Waals surface area contributed by atoms with Crippen molar-refractivity contribution >= 4 is 5.69 Å². The highest BCUT2D eigenvalue weighted by Gasteiger charge is 2.13. The zero-order chi connectivity index (χ0) is 12.8. The predicted molar refractivity (Wildman–Crippen MR) is 75.6 cm³/mol. The molecule has 0 unspecified atom stereocenters. The lowest BCUT2D eigenvalue weighted by atomic mass is 10.0. The van der Waals surface area contributed by atoms with Gasteiger partial charge in [0.25, 0.3) is 0 Å². The zero-order valence-corrected chi connectivity index (χ0v) is 11.2. The van der Waals surface area contributed by atoms with Crippen molar-refractivity contribution in [2.45, 2.75) is 45.4 Å². The van der Waals surface area contributed by atoms with Gasteiger partial charge in [0.05, 0.1) is 11.6 Å². The van der Waals surface area contributed by atoms with Gasteiger partial charge in [0.15, 0.2) is 0 Å². The molecule has 1 aliphatic rings. The van der Waals surface area contributed by atoms with Crippen molar-refractivity contribution in [3.05, 3.63) is 29.3 Å². The van der Waals surface area contributed by atoms with Gasteiger partial charge in [-0.05, 0) is 49.4 Å². The van der Waals surface area contributed by atoms with Gasteiger partial charge >= 0.3 is 0 Å². The van der Waals surface area contributed by atoms with E-state index in [-0.39, 0.29) is 0 Å². The fourth-order valence-electron chi connectivity index (χ4n) is 2.82. The van der Waals surface area contributed by atoms with E-state index in [9.17, 15) is 0 Å². The molecule has 0 atom stereocenters. The molecule has 0 spiro atoms. The molecular formula is C16H22N2. The Morgan fingerprint density at radius 2 is 2.11 bits per heavy atom. The first-order valence-corrected chi connectivity index (χ1v) is 7.04. The summed E-state index contributed by atoms with van der Waals surface area (Å²) in [7, 11) is 0. The van der Waals surface area contributed by atoms with E-state index in [1.807, 2.05) is 19.1 Å². The van der Waals surface area contributed by atoms with Gasteiger partial charge in [-0.2, -0.15) is 5.26 Å². The van der Waals surface area contributed by atoms with Gasteiger partial charge in [-0.25, -0.2) is 0 Å². The SMILES string of the molecule is Cc1cc(NCCCC2CCCC2)ccc1C#N. The van der Waals surface area contributed by atoms with Crippen molar-refractivity contribution in [1.29, 1.82) is 5.26 Å². The van der Waals surface area contributed by atoms with Crippen molar-refractivity contribution in [1.82, 2.24) is 0 Å². The van der Waals surface area contributed by atoms with Gasteiger partial charge in [-0.3, -0.25) is 0 Å². The Hall–Kier alpha value is -1.49. The van der Waals surface area contributed by atoms with E-state index in [0.717, 1.165) is 29.3 Å². The maximum Gasteiger partial charge on any atom is 0.0994 e. The van der Waals surface area contributed by atoms with E-state index in [2.05, 4.69) is 17.5 Å². The second kappa shape index (κ2) is 6.44. The molecule has 1 aromatic rings. The van der Waals surface area contributed by atoms with Crippen molar-refractivity contribution in [3.8, 4) is 6.07 Å². The van der Waals surface area contributed by atoms with Crippen molar-refractivity contribution in [3.63, 3.8) is 0 Å². The number of nitrogens with one attached hydrogen (secondary N) is 1. The number of benzene rings is 1. The van der Waals surface area contributed by atoms with Crippen LogP contribution < -0.4 is 5.32 Å². The van der Waals surface area contributed by atoms with Gasteiger partial charge in [0.1, 0.15) is 0 Å². The molecule has 0 heterocycles. The van der Waals surface area contributed by atoms with E-state index in [4.69, 9.17) is 5.26 Å². The molecular weight excluding hydrogens is 220 g/mol. The van der Waals surface area contributed by atoms with E-state index in [1.54, 1.807) is 0 Å². The smallest absolute Gasteiger partial charge is 0.0994 e. The van der Waals surface area contributed by atoms with E-state index in [0.29, 0.717) is 0 Å². The number of nitriles is 1. The molecule has 0 aliphatic heterocycles. The predicted octanol–water partition coefficient (Wildman–Crippen LogP) is 4.25. The van der Waals surface area contributed by atoms with E-state index < -0.39 is 0 Å². The molecule has 0 bridgehead atoms. The van der Waals surface area contributed by atoms with Crippen LogP contribution in [0.25, 0.3) is 0 Å². The average molecular weight is 242 g/mol. The summed E-state index contributed by atoms with van der Waals surface area (Å²) in [6.07, 6.45) is 8.37. The Balaban J connectivity index is 1.73. The molecule has 1 aliphatic carbocycles. The van der Waals surface area contributed by atoms with Crippen LogP contribution in [-0.4, -0.2) is 6.54 Å². The number of hydrogen-bond donors (Lipinski definition) is 1. The minimum Gasteiger partial charge on any atom is -0.385 e. The van der Waals surface area contributed by atoms with Crippen LogP contribution in [0.15, 0.2) is 18.2 Å². The van der Waals surface area contributed by atoms with Crippen LogP contribution in [0.3, 0.4) is 0 Å². The lowest BCUT2D eigenvalue weighted by Gasteiger charge is -2.10. The summed E-state index contributed by atoms with van der Waals surface area (Å²) < 4.78 is 0. The first kappa shape index (κ1) is 13.0. The number of anilines is 1. The number of aryl methyl sites for hydroxylation is 1. The van der Waals surface area contributed by atoms with Gasteiger partial charge in [0, 0.05) is 12.2 Å². The van der Waals surface area contributed by atoms with Crippen LogP contribution in [0.1, 0.15) is 49.7 Å². The molecule has 1 fully saturated rings. The standard InChI is InChI=1S/C16H22N2/c1-13-11-16(9-8-15(13)12-17)18-10-4-7-14-5-2-3-6-14/h8-9,11,14,18H,2-7,10H2,1H3. The Kier molecular flexibility index (Phi) is 4.64. The van der Waals surface area contributed by atoms with Crippen LogP contribution in [-0.2, 0) is 0 Å². The van der Waals surface area contributed by atoms with Crippen molar-refractivity contribution in [2.24, 2.45) is 5.92 Å². The number of rotatable bonds is 5. The van der Waals surface area contributed by atoms with Crippen molar-refractivity contribution < 1.29 is 0 Å². The van der Waals surface area contributed by atoms with Crippen LogP contribution in [0.5, 0.6) is 0 Å². The molecule has 18 heavy (non-hydrogen) atoms. The third kappa shape index (κ3) is 3.50. The first-order chi connectivity index (χ1) is 8.79. The monoisotopic (exact) mass is 242 g/mol. The minimum absolute atomic E-state index is 0.770. The second-order valence-electron chi connectivity index (χ2n) is 5.36. The maximum atomic E-state index is 8.87. The van der Waals surface area contributed by atoms with E-state index in [1.165, 1.54) is 38.5 Å². The largest absolute Gasteiger partial charge is 0.385 e. The number of hydrogen-bond acceptors (Lipinski definition) is 2. The van der Waals surface area contributed by atoms with E-state index >= 15 is 0 Å². The second-order valence-corrected chi connectivity index (χ2v) is 5.36. The number of nitrogens with zero attached hydrogens (tertiary/aromatic N) is 1. The Labute approximate surface area is 110 Å². The quantitative estimate of drug-likeness (QED) is 0.783. The van der Waals surface area contributed by atoms with Crippen molar-refractivity contribution in [2.75, 3.05) is 11.9 Å². The Morgan fingerprint density at radius 3 is 2.78 bits per heavy atom. The lowest BCUT2D eigenvalue weighted by molar-refractivity contribution is 0.491. The highest BCUT2D eigenvalue weighted by molar-refractivity contribution is 5.51. The summed E-state index contributed by atoms with van der Waals surface area (Å²) in [5.74, 6) is 0.981. The maximum absolute atomic E-state index is 8.87. The zero-order valence-electron chi connectivity index (χ0n) is 11.2. The molecule has 2 rings (SSSR count). The highest BCUT2D eigenvalue weighted by atomic mass is 14.9. The van der Waals surface area contributed by atoms with Crippen LogP contribution in [0.2, 0.25) is 0 Å². The fourth-order valence-corrected chi connectivity index (χ4v) is 2.82. The fraction of sp³-hybridized carbons (Fsp3) is 0.562. The molecule has 0 aromatic heterocycles. The topological polar surface area (TPSA) is 35.8 Å². The summed E-state index contributed by atoms with van der Waals surface area (Å²) in [4.78, 5) is 0. The molecule has 1 saturated carbocycles. The third-order valence-electron chi connectivity index (χ3n) is 3.94.